The largest absolute Gasteiger partial charge is 0.434 e. The van der Waals surface area contributed by atoms with Gasteiger partial charge in [0.2, 0.25) is 5.91 Å². The molecule has 43 heavy (non-hydrogen) atoms. The van der Waals surface area contributed by atoms with Crippen LogP contribution in [-0.2, 0) is 17.5 Å². The summed E-state index contributed by atoms with van der Waals surface area (Å²) in [6.07, 6.45) is 1.45. The predicted molar refractivity (Wildman–Crippen MR) is 154 cm³/mol. The fourth-order valence-corrected chi connectivity index (χ4v) is 6.20. The first kappa shape index (κ1) is 28.9. The molecule has 9 nitrogen and oxygen atoms in total. The van der Waals surface area contributed by atoms with Gasteiger partial charge in [-0.1, -0.05) is 23.7 Å². The topological polar surface area (TPSA) is 102 Å². The molecular formula is C30H28ClF3N6O3. The molecular weight excluding hydrogens is 585 g/mol. The van der Waals surface area contributed by atoms with Crippen LogP contribution >= 0.6 is 11.6 Å². The Kier molecular flexibility index (Phi) is 7.72. The van der Waals surface area contributed by atoms with Crippen LogP contribution in [0.1, 0.15) is 54.6 Å². The van der Waals surface area contributed by atoms with E-state index in [0.29, 0.717) is 56.7 Å². The van der Waals surface area contributed by atoms with Crippen LogP contribution in [0, 0.1) is 5.92 Å². The number of alkyl halides is 3. The smallest absolute Gasteiger partial charge is 0.349 e. The van der Waals surface area contributed by atoms with Gasteiger partial charge in [0.1, 0.15) is 5.82 Å². The zero-order chi connectivity index (χ0) is 30.3. The summed E-state index contributed by atoms with van der Waals surface area (Å²) in [6.45, 7) is 1.08. The number of carbonyl (C=O) groups excluding carboxylic acids is 2. The number of nitrogens with one attached hydrogen (secondary N) is 1. The predicted octanol–water partition coefficient (Wildman–Crippen LogP) is 5.37. The summed E-state index contributed by atoms with van der Waals surface area (Å²) >= 11 is 5.83. The maximum atomic E-state index is 13.7. The lowest BCUT2D eigenvalue weighted by molar-refractivity contribution is -0.141. The SMILES string of the molecule is O=C(NC1CCC(Cn2c(=O)n(-c3ccc(N4CCCC4=O)nc3)c3ccccc32)CC1)c1cc(Cl)cnc1C(F)(F)F. The highest BCUT2D eigenvalue weighted by atomic mass is 35.5. The lowest BCUT2D eigenvalue weighted by Gasteiger charge is -2.29. The van der Waals surface area contributed by atoms with Gasteiger partial charge in [-0.3, -0.25) is 23.6 Å². The molecule has 0 radical (unpaired) electrons. The van der Waals surface area contributed by atoms with E-state index in [1.54, 1.807) is 32.4 Å². The lowest BCUT2D eigenvalue weighted by Crippen LogP contribution is -2.39. The van der Waals surface area contributed by atoms with Gasteiger partial charge in [-0.2, -0.15) is 13.2 Å². The van der Waals surface area contributed by atoms with E-state index >= 15 is 0 Å². The fraction of sp³-hybridized carbons (Fsp3) is 0.367. The number of amides is 2. The van der Waals surface area contributed by atoms with Crippen LogP contribution in [0.4, 0.5) is 19.0 Å². The highest BCUT2D eigenvalue weighted by molar-refractivity contribution is 6.30. The van der Waals surface area contributed by atoms with Crippen LogP contribution in [0.5, 0.6) is 0 Å². The number of aromatic nitrogens is 4. The molecule has 0 atom stereocenters. The van der Waals surface area contributed by atoms with Gasteiger partial charge < -0.3 is 5.32 Å². The molecule has 13 heteroatoms. The van der Waals surface area contributed by atoms with Crippen molar-refractivity contribution in [2.45, 2.75) is 57.3 Å². The zero-order valence-corrected chi connectivity index (χ0v) is 23.7. The molecule has 4 aromatic rings. The van der Waals surface area contributed by atoms with Gasteiger partial charge in [0.05, 0.1) is 33.5 Å². The molecule has 1 aliphatic carbocycles. The number of hydrogen-bond acceptors (Lipinski definition) is 5. The van der Waals surface area contributed by atoms with E-state index in [9.17, 15) is 27.6 Å². The van der Waals surface area contributed by atoms with Gasteiger partial charge in [0.15, 0.2) is 5.69 Å². The van der Waals surface area contributed by atoms with Crippen LogP contribution in [0.2, 0.25) is 5.02 Å². The van der Waals surface area contributed by atoms with E-state index in [1.807, 2.05) is 24.3 Å². The average molecular weight is 613 g/mol. The molecule has 0 spiro atoms. The Bertz CT molecular complexity index is 1740. The number of imidazole rings is 1. The number of benzene rings is 1. The molecule has 2 fully saturated rings. The summed E-state index contributed by atoms with van der Waals surface area (Å²) in [7, 11) is 0. The Morgan fingerprint density at radius 1 is 1.00 bits per heavy atom. The van der Waals surface area contributed by atoms with E-state index in [2.05, 4.69) is 15.3 Å². The van der Waals surface area contributed by atoms with Gasteiger partial charge in [0.25, 0.3) is 5.91 Å². The number of para-hydroxylation sites is 2. The molecule has 1 aromatic carbocycles. The van der Waals surface area contributed by atoms with Crippen molar-refractivity contribution in [2.75, 3.05) is 11.4 Å². The van der Waals surface area contributed by atoms with Crippen LogP contribution < -0.4 is 15.9 Å². The second-order valence-electron chi connectivity index (χ2n) is 11.0. The van der Waals surface area contributed by atoms with Crippen molar-refractivity contribution >= 4 is 40.3 Å². The number of fused-ring (bicyclic) bond motifs is 1. The molecule has 1 aliphatic heterocycles. The highest BCUT2D eigenvalue weighted by Gasteiger charge is 2.38. The lowest BCUT2D eigenvalue weighted by atomic mass is 9.85. The molecule has 1 N–H and O–H groups in total. The van der Waals surface area contributed by atoms with Crippen LogP contribution in [0.15, 0.2) is 59.7 Å². The molecule has 4 heterocycles. The first-order valence-corrected chi connectivity index (χ1v) is 14.5. The molecule has 6 rings (SSSR count). The molecule has 224 valence electrons. The van der Waals surface area contributed by atoms with Crippen molar-refractivity contribution in [2.24, 2.45) is 5.92 Å². The van der Waals surface area contributed by atoms with Crippen molar-refractivity contribution in [3.63, 3.8) is 0 Å². The van der Waals surface area contributed by atoms with Crippen molar-refractivity contribution in [3.05, 3.63) is 81.6 Å². The summed E-state index contributed by atoms with van der Waals surface area (Å²) in [6, 6.07) is 11.7. The number of carbonyl (C=O) groups is 2. The summed E-state index contributed by atoms with van der Waals surface area (Å²) in [4.78, 5) is 48.1. The minimum absolute atomic E-state index is 0.0378. The normalized spacial score (nSPS) is 19.3. The Balaban J connectivity index is 1.16. The Morgan fingerprint density at radius 3 is 2.40 bits per heavy atom. The van der Waals surface area contributed by atoms with Crippen LogP contribution in [0.25, 0.3) is 16.7 Å². The molecule has 0 bridgehead atoms. The average Bonchev–Trinajstić information content (AvgIpc) is 3.53. The van der Waals surface area contributed by atoms with Gasteiger partial charge in [0, 0.05) is 31.7 Å². The van der Waals surface area contributed by atoms with Crippen LogP contribution in [0.3, 0.4) is 0 Å². The summed E-state index contributed by atoms with van der Waals surface area (Å²) in [5.74, 6) is -0.131. The fourth-order valence-electron chi connectivity index (χ4n) is 6.04. The van der Waals surface area contributed by atoms with Crippen molar-refractivity contribution in [3.8, 4) is 5.69 Å². The Morgan fingerprint density at radius 2 is 1.74 bits per heavy atom. The standard InChI is InChI=1S/C30H28ClF3N6O3/c31-19-14-22(27(36-15-19)30(32,33)34)28(42)37-20-9-7-18(8-10-20)17-39-23-4-1-2-5-24(23)40(29(39)43)21-11-12-25(35-16-21)38-13-3-6-26(38)41/h1-2,4-5,11-12,14-16,18,20H,3,6-10,13,17H2,(H,37,42). The third-order valence-corrected chi connectivity index (χ3v) is 8.37. The van der Waals surface area contributed by atoms with E-state index in [0.717, 1.165) is 29.7 Å². The quantitative estimate of drug-likeness (QED) is 0.315. The second-order valence-corrected chi connectivity index (χ2v) is 11.4. The summed E-state index contributed by atoms with van der Waals surface area (Å²) in [5, 5.41) is 2.66. The van der Waals surface area contributed by atoms with Gasteiger partial charge in [-0.25, -0.2) is 14.8 Å². The first-order chi connectivity index (χ1) is 20.6. The van der Waals surface area contributed by atoms with Crippen molar-refractivity contribution in [1.29, 1.82) is 0 Å². The number of rotatable bonds is 6. The van der Waals surface area contributed by atoms with Crippen LogP contribution in [-0.4, -0.2) is 43.5 Å². The molecule has 2 aliphatic rings. The highest BCUT2D eigenvalue weighted by Crippen LogP contribution is 2.32. The maximum absolute atomic E-state index is 13.7. The van der Waals surface area contributed by atoms with E-state index in [4.69, 9.17) is 11.6 Å². The molecule has 1 saturated carbocycles. The van der Waals surface area contributed by atoms with Crippen molar-refractivity contribution in [1.82, 2.24) is 24.4 Å². The van der Waals surface area contributed by atoms with Crippen molar-refractivity contribution < 1.29 is 22.8 Å². The van der Waals surface area contributed by atoms with E-state index < -0.39 is 23.3 Å². The third kappa shape index (κ3) is 5.75. The molecule has 0 unspecified atom stereocenters. The zero-order valence-electron chi connectivity index (χ0n) is 23.0. The number of halogens is 4. The Hall–Kier alpha value is -4.19. The van der Waals surface area contributed by atoms with E-state index in [1.165, 1.54) is 0 Å². The summed E-state index contributed by atoms with van der Waals surface area (Å²) < 4.78 is 43.5. The monoisotopic (exact) mass is 612 g/mol. The summed E-state index contributed by atoms with van der Waals surface area (Å²) in [5.41, 5.74) is 0.0158. The maximum Gasteiger partial charge on any atom is 0.434 e. The Labute approximate surface area is 249 Å². The first-order valence-electron chi connectivity index (χ1n) is 14.1. The van der Waals surface area contributed by atoms with E-state index in [-0.39, 0.29) is 28.6 Å². The second kappa shape index (κ2) is 11.5. The number of nitrogens with zero attached hydrogens (tertiary/aromatic N) is 5. The number of pyridine rings is 2. The molecule has 1 saturated heterocycles. The van der Waals surface area contributed by atoms with Gasteiger partial charge in [-0.05, 0) is 68.4 Å². The number of hydrogen-bond donors (Lipinski definition) is 1. The van der Waals surface area contributed by atoms with Gasteiger partial charge >= 0.3 is 11.9 Å². The molecule has 3 aromatic heterocycles. The molecule has 2 amide bonds. The number of anilines is 1. The minimum Gasteiger partial charge on any atom is -0.349 e. The minimum atomic E-state index is -4.79. The third-order valence-electron chi connectivity index (χ3n) is 8.17. The van der Waals surface area contributed by atoms with Gasteiger partial charge in [-0.15, -0.1) is 0 Å².